The van der Waals surface area contributed by atoms with Gasteiger partial charge in [-0.05, 0) is 69.8 Å². The van der Waals surface area contributed by atoms with E-state index in [4.69, 9.17) is 0 Å². The molecule has 0 amide bonds. The van der Waals surface area contributed by atoms with Crippen LogP contribution < -0.4 is 5.32 Å². The second-order valence-electron chi connectivity index (χ2n) is 6.52. The third-order valence-electron chi connectivity index (χ3n) is 4.60. The zero-order chi connectivity index (χ0) is 15.2. The zero-order valence-electron chi connectivity index (χ0n) is 13.7. The Balaban J connectivity index is 2.11. The number of phenolic OH excluding ortho intramolecular Hbond substituents is 1. The highest BCUT2D eigenvalue weighted by Gasteiger charge is 2.25. The van der Waals surface area contributed by atoms with Crippen molar-refractivity contribution in [2.24, 2.45) is 5.92 Å². The van der Waals surface area contributed by atoms with Crippen molar-refractivity contribution in [1.82, 2.24) is 10.2 Å². The van der Waals surface area contributed by atoms with Crippen LogP contribution in [-0.2, 0) is 0 Å². The molecule has 0 aliphatic carbocycles. The van der Waals surface area contributed by atoms with Gasteiger partial charge in [0.15, 0.2) is 0 Å². The summed E-state index contributed by atoms with van der Waals surface area (Å²) in [7, 11) is 0. The standard InChI is InChI=1S/C18H30N2O/c1-4-18(16-7-9-17(21)10-8-16)20(14(2)3)13-15-6-5-11-19-12-15/h7-10,14-15,18-19,21H,4-6,11-13H2,1-3H3. The molecule has 2 atom stereocenters. The molecule has 1 aromatic rings. The molecule has 118 valence electrons. The molecular formula is C18H30N2O. The Morgan fingerprint density at radius 2 is 2.00 bits per heavy atom. The van der Waals surface area contributed by atoms with Gasteiger partial charge in [-0.1, -0.05) is 19.1 Å². The Labute approximate surface area is 129 Å². The van der Waals surface area contributed by atoms with Crippen LogP contribution in [0.1, 0.15) is 51.6 Å². The molecule has 1 saturated heterocycles. The van der Waals surface area contributed by atoms with Gasteiger partial charge < -0.3 is 10.4 Å². The number of phenols is 1. The Hall–Kier alpha value is -1.06. The van der Waals surface area contributed by atoms with Gasteiger partial charge in [0.05, 0.1) is 0 Å². The van der Waals surface area contributed by atoms with Crippen LogP contribution in [0, 0.1) is 5.92 Å². The third kappa shape index (κ3) is 4.45. The summed E-state index contributed by atoms with van der Waals surface area (Å²) in [5, 5.41) is 13.0. The number of hydrogen-bond acceptors (Lipinski definition) is 3. The fourth-order valence-corrected chi connectivity index (χ4v) is 3.43. The van der Waals surface area contributed by atoms with E-state index in [1.165, 1.54) is 24.9 Å². The highest BCUT2D eigenvalue weighted by Crippen LogP contribution is 2.29. The predicted octanol–water partition coefficient (Wildman–Crippen LogP) is 3.55. The summed E-state index contributed by atoms with van der Waals surface area (Å²) in [6, 6.07) is 8.71. The normalized spacial score (nSPS) is 20.9. The van der Waals surface area contributed by atoms with Crippen LogP contribution in [0.2, 0.25) is 0 Å². The second-order valence-corrected chi connectivity index (χ2v) is 6.52. The van der Waals surface area contributed by atoms with Gasteiger partial charge in [0.1, 0.15) is 5.75 Å². The van der Waals surface area contributed by atoms with Gasteiger partial charge in [0.25, 0.3) is 0 Å². The van der Waals surface area contributed by atoms with Gasteiger partial charge in [0.2, 0.25) is 0 Å². The smallest absolute Gasteiger partial charge is 0.115 e. The molecule has 0 spiro atoms. The van der Waals surface area contributed by atoms with Gasteiger partial charge in [-0.2, -0.15) is 0 Å². The summed E-state index contributed by atoms with van der Waals surface area (Å²) >= 11 is 0. The molecule has 1 aliphatic rings. The van der Waals surface area contributed by atoms with Crippen LogP contribution in [0.3, 0.4) is 0 Å². The summed E-state index contributed by atoms with van der Waals surface area (Å²) in [6.07, 6.45) is 3.73. The summed E-state index contributed by atoms with van der Waals surface area (Å²) in [5.74, 6) is 1.11. The number of benzene rings is 1. The lowest BCUT2D eigenvalue weighted by Gasteiger charge is -2.38. The highest BCUT2D eigenvalue weighted by molar-refractivity contribution is 5.28. The molecule has 2 rings (SSSR count). The molecule has 2 N–H and O–H groups in total. The molecule has 3 nitrogen and oxygen atoms in total. The minimum absolute atomic E-state index is 0.348. The van der Waals surface area contributed by atoms with Gasteiger partial charge in [-0.3, -0.25) is 4.90 Å². The highest BCUT2D eigenvalue weighted by atomic mass is 16.3. The average Bonchev–Trinajstić information content (AvgIpc) is 2.49. The first-order valence-corrected chi connectivity index (χ1v) is 8.37. The van der Waals surface area contributed by atoms with Crippen molar-refractivity contribution in [2.45, 2.75) is 52.1 Å². The summed E-state index contributed by atoms with van der Waals surface area (Å²) in [6.45, 7) is 10.3. The lowest BCUT2D eigenvalue weighted by atomic mass is 9.95. The average molecular weight is 290 g/mol. The van der Waals surface area contributed by atoms with Crippen molar-refractivity contribution >= 4 is 0 Å². The first-order chi connectivity index (χ1) is 10.1. The van der Waals surface area contributed by atoms with E-state index in [9.17, 15) is 5.11 Å². The molecule has 1 fully saturated rings. The molecule has 0 aromatic heterocycles. The lowest BCUT2D eigenvalue weighted by Crippen LogP contribution is -2.42. The summed E-state index contributed by atoms with van der Waals surface area (Å²) < 4.78 is 0. The van der Waals surface area contributed by atoms with Crippen molar-refractivity contribution in [3.05, 3.63) is 29.8 Å². The maximum atomic E-state index is 9.50. The first-order valence-electron chi connectivity index (χ1n) is 8.37. The van der Waals surface area contributed by atoms with Crippen LogP contribution in [0.15, 0.2) is 24.3 Å². The summed E-state index contributed by atoms with van der Waals surface area (Å²) in [5.41, 5.74) is 1.31. The maximum Gasteiger partial charge on any atom is 0.115 e. The molecule has 2 unspecified atom stereocenters. The third-order valence-corrected chi connectivity index (χ3v) is 4.60. The number of nitrogens with one attached hydrogen (secondary N) is 1. The van der Waals surface area contributed by atoms with Gasteiger partial charge in [0, 0.05) is 18.6 Å². The van der Waals surface area contributed by atoms with E-state index >= 15 is 0 Å². The van der Waals surface area contributed by atoms with E-state index in [0.717, 1.165) is 25.4 Å². The van der Waals surface area contributed by atoms with Crippen LogP contribution in [0.4, 0.5) is 0 Å². The van der Waals surface area contributed by atoms with Crippen LogP contribution >= 0.6 is 0 Å². The topological polar surface area (TPSA) is 35.5 Å². The maximum absolute atomic E-state index is 9.50. The minimum Gasteiger partial charge on any atom is -0.508 e. The van der Waals surface area contributed by atoms with Crippen LogP contribution in [0.5, 0.6) is 5.75 Å². The van der Waals surface area contributed by atoms with Crippen molar-refractivity contribution in [1.29, 1.82) is 0 Å². The van der Waals surface area contributed by atoms with Gasteiger partial charge >= 0.3 is 0 Å². The largest absolute Gasteiger partial charge is 0.508 e. The van der Waals surface area contributed by atoms with Crippen molar-refractivity contribution in [3.63, 3.8) is 0 Å². The quantitative estimate of drug-likeness (QED) is 0.841. The summed E-state index contributed by atoms with van der Waals surface area (Å²) in [4.78, 5) is 2.63. The van der Waals surface area contributed by atoms with Crippen molar-refractivity contribution in [3.8, 4) is 5.75 Å². The van der Waals surface area contributed by atoms with Gasteiger partial charge in [-0.15, -0.1) is 0 Å². The van der Waals surface area contributed by atoms with Crippen molar-refractivity contribution < 1.29 is 5.11 Å². The first kappa shape index (κ1) is 16.3. The molecular weight excluding hydrogens is 260 g/mol. The van der Waals surface area contributed by atoms with E-state index in [1.807, 2.05) is 0 Å². The zero-order valence-corrected chi connectivity index (χ0v) is 13.7. The number of piperidine rings is 1. The fraction of sp³-hybridized carbons (Fsp3) is 0.667. The molecule has 0 bridgehead atoms. The number of rotatable bonds is 6. The monoisotopic (exact) mass is 290 g/mol. The van der Waals surface area contributed by atoms with E-state index in [0.29, 0.717) is 17.8 Å². The van der Waals surface area contributed by atoms with Crippen LogP contribution in [-0.4, -0.2) is 35.7 Å². The minimum atomic E-state index is 0.348. The number of nitrogens with zero attached hydrogens (tertiary/aromatic N) is 1. The SMILES string of the molecule is CCC(c1ccc(O)cc1)N(CC1CCCNC1)C(C)C. The molecule has 0 saturated carbocycles. The molecule has 0 radical (unpaired) electrons. The van der Waals surface area contributed by atoms with E-state index in [-0.39, 0.29) is 0 Å². The second kappa shape index (κ2) is 7.81. The molecule has 21 heavy (non-hydrogen) atoms. The van der Waals surface area contributed by atoms with E-state index < -0.39 is 0 Å². The Morgan fingerprint density at radius 1 is 1.29 bits per heavy atom. The van der Waals surface area contributed by atoms with E-state index in [1.54, 1.807) is 12.1 Å². The molecule has 3 heteroatoms. The van der Waals surface area contributed by atoms with Gasteiger partial charge in [-0.25, -0.2) is 0 Å². The predicted molar refractivity (Wildman–Crippen MR) is 88.6 cm³/mol. The lowest BCUT2D eigenvalue weighted by molar-refractivity contribution is 0.114. The fourth-order valence-electron chi connectivity index (χ4n) is 3.43. The molecule has 1 aliphatic heterocycles. The van der Waals surface area contributed by atoms with E-state index in [2.05, 4.69) is 43.1 Å². The Bertz CT molecular complexity index is 410. The Morgan fingerprint density at radius 3 is 2.52 bits per heavy atom. The van der Waals surface area contributed by atoms with Crippen LogP contribution in [0.25, 0.3) is 0 Å². The molecule has 1 aromatic carbocycles. The number of aromatic hydroxyl groups is 1. The molecule has 1 heterocycles. The van der Waals surface area contributed by atoms with Crippen molar-refractivity contribution in [2.75, 3.05) is 19.6 Å². The Kier molecular flexibility index (Phi) is 6.07. The number of hydrogen-bond donors (Lipinski definition) is 2.